The van der Waals surface area contributed by atoms with Crippen LogP contribution in [0.25, 0.3) is 10.8 Å². The molecular formula is C23H25F3N2O5. The van der Waals surface area contributed by atoms with Gasteiger partial charge in [0.25, 0.3) is 5.91 Å². The van der Waals surface area contributed by atoms with E-state index in [0.29, 0.717) is 0 Å². The number of hydrogen-bond acceptors (Lipinski definition) is 5. The van der Waals surface area contributed by atoms with Gasteiger partial charge in [-0.15, -0.1) is 0 Å². The minimum Gasteiger partial charge on any atom is -0.455 e. The van der Waals surface area contributed by atoms with E-state index in [0.717, 1.165) is 21.2 Å². The van der Waals surface area contributed by atoms with Gasteiger partial charge in [-0.1, -0.05) is 42.5 Å². The fourth-order valence-corrected chi connectivity index (χ4v) is 3.78. The molecule has 1 heterocycles. The largest absolute Gasteiger partial charge is 0.455 e. The highest BCUT2D eigenvalue weighted by Gasteiger charge is 2.33. The third-order valence-corrected chi connectivity index (χ3v) is 5.46. The second-order valence-electron chi connectivity index (χ2n) is 7.90. The quantitative estimate of drug-likeness (QED) is 0.652. The topological polar surface area (TPSA) is 84.9 Å². The third kappa shape index (κ3) is 6.84. The molecule has 1 saturated heterocycles. The maximum atomic E-state index is 12.3. The van der Waals surface area contributed by atoms with Crippen molar-refractivity contribution in [3.05, 3.63) is 48.0 Å². The van der Waals surface area contributed by atoms with E-state index in [-0.39, 0.29) is 32.0 Å². The van der Waals surface area contributed by atoms with E-state index in [2.05, 4.69) is 10.1 Å². The van der Waals surface area contributed by atoms with Gasteiger partial charge in [0.2, 0.25) is 0 Å². The molecule has 1 aliphatic rings. The average molecular weight is 466 g/mol. The van der Waals surface area contributed by atoms with Crippen LogP contribution in [0.4, 0.5) is 18.0 Å². The Morgan fingerprint density at radius 1 is 1.06 bits per heavy atom. The van der Waals surface area contributed by atoms with Gasteiger partial charge in [-0.2, -0.15) is 13.2 Å². The van der Waals surface area contributed by atoms with Crippen molar-refractivity contribution in [3.63, 3.8) is 0 Å². The van der Waals surface area contributed by atoms with Gasteiger partial charge in [0, 0.05) is 13.1 Å². The number of ether oxygens (including phenoxy) is 2. The minimum absolute atomic E-state index is 0.0702. The van der Waals surface area contributed by atoms with Crippen molar-refractivity contribution in [2.45, 2.75) is 32.0 Å². The minimum atomic E-state index is -4.59. The molecule has 0 aliphatic carbocycles. The lowest BCUT2D eigenvalue weighted by molar-refractivity contribution is -0.163. The van der Waals surface area contributed by atoms with Crippen molar-refractivity contribution in [1.82, 2.24) is 10.2 Å². The first kappa shape index (κ1) is 24.3. The molecule has 0 spiro atoms. The second-order valence-corrected chi connectivity index (χ2v) is 7.90. The van der Waals surface area contributed by atoms with E-state index >= 15 is 0 Å². The Morgan fingerprint density at radius 3 is 2.42 bits per heavy atom. The number of benzene rings is 2. The van der Waals surface area contributed by atoms with Gasteiger partial charge in [-0.05, 0) is 36.1 Å². The van der Waals surface area contributed by atoms with Crippen LogP contribution in [0.1, 0.15) is 31.4 Å². The number of alkyl halides is 3. The number of fused-ring (bicyclic) bond motifs is 1. The highest BCUT2D eigenvalue weighted by Crippen LogP contribution is 2.24. The first-order valence-electron chi connectivity index (χ1n) is 10.6. The van der Waals surface area contributed by atoms with Crippen molar-refractivity contribution >= 4 is 28.7 Å². The highest BCUT2D eigenvalue weighted by molar-refractivity contribution is 5.87. The van der Waals surface area contributed by atoms with Gasteiger partial charge in [0.05, 0.1) is 12.0 Å². The van der Waals surface area contributed by atoms with Crippen LogP contribution in [-0.2, 0) is 19.1 Å². The molecule has 2 amide bonds. The van der Waals surface area contributed by atoms with Gasteiger partial charge >= 0.3 is 18.2 Å². The predicted octanol–water partition coefficient (Wildman–Crippen LogP) is 3.97. The lowest BCUT2D eigenvalue weighted by Gasteiger charge is -2.30. The molecule has 1 atom stereocenters. The standard InChI is InChI=1S/C23H25F3N2O5/c1-15(18-8-4-6-16-5-2-3-7-19(16)18)27-20(29)13-32-21(30)17-9-11-28(12-10-17)22(31)33-14-23(24,25)26/h2-8,15,17H,9-14H2,1H3,(H,27,29). The zero-order chi connectivity index (χ0) is 24.0. The van der Waals surface area contributed by atoms with Crippen LogP contribution in [0.15, 0.2) is 42.5 Å². The summed E-state index contributed by atoms with van der Waals surface area (Å²) in [4.78, 5) is 37.4. The zero-order valence-electron chi connectivity index (χ0n) is 18.1. The van der Waals surface area contributed by atoms with Gasteiger partial charge < -0.3 is 19.7 Å². The van der Waals surface area contributed by atoms with E-state index in [4.69, 9.17) is 4.74 Å². The number of piperidine rings is 1. The fraction of sp³-hybridized carbons (Fsp3) is 0.435. The Hall–Kier alpha value is -3.30. The summed E-state index contributed by atoms with van der Waals surface area (Å²) >= 11 is 0. The fourth-order valence-electron chi connectivity index (χ4n) is 3.78. The first-order valence-corrected chi connectivity index (χ1v) is 10.6. The second kappa shape index (κ2) is 10.5. The van der Waals surface area contributed by atoms with Crippen molar-refractivity contribution in [2.24, 2.45) is 5.92 Å². The summed E-state index contributed by atoms with van der Waals surface area (Å²) in [5, 5.41) is 4.89. The number of nitrogens with one attached hydrogen (secondary N) is 1. The summed E-state index contributed by atoms with van der Waals surface area (Å²) in [5.41, 5.74) is 0.942. The third-order valence-electron chi connectivity index (χ3n) is 5.46. The molecule has 0 radical (unpaired) electrons. The molecule has 178 valence electrons. The van der Waals surface area contributed by atoms with Crippen molar-refractivity contribution in [2.75, 3.05) is 26.3 Å². The Labute approximate surface area is 188 Å². The molecule has 1 N–H and O–H groups in total. The van der Waals surface area contributed by atoms with Crippen LogP contribution in [0.3, 0.4) is 0 Å². The number of hydrogen-bond donors (Lipinski definition) is 1. The van der Waals surface area contributed by atoms with E-state index < -0.39 is 43.3 Å². The smallest absolute Gasteiger partial charge is 0.422 e. The van der Waals surface area contributed by atoms with Crippen molar-refractivity contribution in [1.29, 1.82) is 0 Å². The molecule has 2 aromatic carbocycles. The molecule has 1 fully saturated rings. The van der Waals surface area contributed by atoms with Crippen LogP contribution in [0.5, 0.6) is 0 Å². The molecule has 0 bridgehead atoms. The van der Waals surface area contributed by atoms with Gasteiger partial charge in [-0.3, -0.25) is 9.59 Å². The van der Waals surface area contributed by atoms with Crippen molar-refractivity contribution < 1.29 is 37.0 Å². The number of amides is 2. The normalized spacial score (nSPS) is 15.7. The molecule has 2 aromatic rings. The maximum Gasteiger partial charge on any atom is 0.422 e. The van der Waals surface area contributed by atoms with Crippen LogP contribution in [0.2, 0.25) is 0 Å². The molecule has 33 heavy (non-hydrogen) atoms. The first-order chi connectivity index (χ1) is 15.6. The summed E-state index contributed by atoms with van der Waals surface area (Å²) < 4.78 is 45.8. The molecule has 0 aromatic heterocycles. The molecule has 7 nitrogen and oxygen atoms in total. The summed E-state index contributed by atoms with van der Waals surface area (Å²) in [5.74, 6) is -1.57. The summed E-state index contributed by atoms with van der Waals surface area (Å²) in [7, 11) is 0. The summed E-state index contributed by atoms with van der Waals surface area (Å²) in [6, 6.07) is 13.3. The Kier molecular flexibility index (Phi) is 7.78. The average Bonchev–Trinajstić information content (AvgIpc) is 2.80. The van der Waals surface area contributed by atoms with Gasteiger partial charge in [-0.25, -0.2) is 4.79 Å². The molecule has 0 saturated carbocycles. The SMILES string of the molecule is CC(NC(=O)COC(=O)C1CCN(C(=O)OCC(F)(F)F)CC1)c1cccc2ccccc12. The number of esters is 1. The van der Waals surface area contributed by atoms with Crippen LogP contribution >= 0.6 is 0 Å². The van der Waals surface area contributed by atoms with Gasteiger partial charge in [0.1, 0.15) is 0 Å². The number of halogens is 3. The zero-order valence-corrected chi connectivity index (χ0v) is 18.1. The Balaban J connectivity index is 1.42. The van der Waals surface area contributed by atoms with E-state index in [1.165, 1.54) is 0 Å². The lowest BCUT2D eigenvalue weighted by Crippen LogP contribution is -2.42. The Morgan fingerprint density at radius 2 is 1.73 bits per heavy atom. The Bertz CT molecular complexity index is 998. The summed E-state index contributed by atoms with van der Waals surface area (Å²) in [6.45, 7) is -0.113. The number of carbonyl (C=O) groups is 3. The van der Waals surface area contributed by atoms with Gasteiger partial charge in [0.15, 0.2) is 13.2 Å². The number of nitrogens with zero attached hydrogens (tertiary/aromatic N) is 1. The monoisotopic (exact) mass is 466 g/mol. The van der Waals surface area contributed by atoms with E-state index in [1.807, 2.05) is 49.4 Å². The highest BCUT2D eigenvalue weighted by atomic mass is 19.4. The number of carbonyl (C=O) groups excluding carboxylic acids is 3. The van der Waals surface area contributed by atoms with E-state index in [1.54, 1.807) is 0 Å². The molecule has 10 heteroatoms. The van der Waals surface area contributed by atoms with E-state index in [9.17, 15) is 27.6 Å². The number of rotatable bonds is 6. The molecular weight excluding hydrogens is 441 g/mol. The lowest BCUT2D eigenvalue weighted by atomic mass is 9.97. The van der Waals surface area contributed by atoms with Crippen LogP contribution < -0.4 is 5.32 Å². The van der Waals surface area contributed by atoms with Crippen LogP contribution in [0, 0.1) is 5.92 Å². The predicted molar refractivity (Wildman–Crippen MR) is 113 cm³/mol. The van der Waals surface area contributed by atoms with Crippen LogP contribution in [-0.4, -0.2) is 55.3 Å². The van der Waals surface area contributed by atoms with Crippen molar-refractivity contribution in [3.8, 4) is 0 Å². The summed E-state index contributed by atoms with van der Waals surface area (Å²) in [6.07, 6.45) is -5.23. The molecule has 3 rings (SSSR count). The molecule has 1 aliphatic heterocycles. The molecule has 1 unspecified atom stereocenters. The maximum absolute atomic E-state index is 12.3. The number of likely N-dealkylation sites (tertiary alicyclic amines) is 1.